The summed E-state index contributed by atoms with van der Waals surface area (Å²) >= 11 is 6.24. The first-order valence-corrected chi connectivity index (χ1v) is 8.88. The Bertz CT molecular complexity index is 542. The topological polar surface area (TPSA) is 49.4 Å². The molecule has 0 aliphatic carbocycles. The van der Waals surface area contributed by atoms with Gasteiger partial charge >= 0.3 is 0 Å². The Kier molecular flexibility index (Phi) is 10.4. The number of benzene rings is 1. The van der Waals surface area contributed by atoms with Crippen LogP contribution in [0, 0.1) is 5.92 Å². The van der Waals surface area contributed by atoms with E-state index in [0.29, 0.717) is 16.5 Å². The summed E-state index contributed by atoms with van der Waals surface area (Å²) in [4.78, 5) is 25.3. The summed E-state index contributed by atoms with van der Waals surface area (Å²) in [6.07, 6.45) is 1.16. The molecule has 136 valence electrons. The number of nitrogens with zero attached hydrogens (tertiary/aromatic N) is 1. The van der Waals surface area contributed by atoms with E-state index in [1.165, 1.54) is 4.90 Å². The molecular formula is C19H31ClN2O2. The zero-order valence-corrected chi connectivity index (χ0v) is 16.7. The molecule has 1 N–H and O–H groups in total. The fourth-order valence-corrected chi connectivity index (χ4v) is 2.35. The lowest BCUT2D eigenvalue weighted by Crippen LogP contribution is -2.37. The minimum atomic E-state index is -0.225. The Morgan fingerprint density at radius 1 is 1.17 bits per heavy atom. The van der Waals surface area contributed by atoms with Gasteiger partial charge in [-0.3, -0.25) is 9.59 Å². The molecule has 4 nitrogen and oxygen atoms in total. The first kappa shape index (κ1) is 22.4. The van der Waals surface area contributed by atoms with E-state index in [0.717, 1.165) is 12.0 Å². The highest BCUT2D eigenvalue weighted by atomic mass is 35.5. The summed E-state index contributed by atoms with van der Waals surface area (Å²) in [5, 5.41) is 3.43. The predicted octanol–water partition coefficient (Wildman–Crippen LogP) is 4.16. The van der Waals surface area contributed by atoms with Crippen molar-refractivity contribution in [2.24, 2.45) is 5.92 Å². The third-order valence-corrected chi connectivity index (χ3v) is 3.65. The van der Waals surface area contributed by atoms with Gasteiger partial charge in [0.25, 0.3) is 5.91 Å². The number of rotatable bonds is 6. The van der Waals surface area contributed by atoms with Gasteiger partial charge in [-0.15, -0.1) is 0 Å². The number of carbonyl (C=O) groups excluding carboxylic acids is 2. The van der Waals surface area contributed by atoms with Crippen molar-refractivity contribution >= 4 is 23.4 Å². The largest absolute Gasteiger partial charge is 0.349 e. The predicted molar refractivity (Wildman–Crippen MR) is 102 cm³/mol. The summed E-state index contributed by atoms with van der Waals surface area (Å²) in [5.74, 6) is 0.282. The van der Waals surface area contributed by atoms with Crippen molar-refractivity contribution in [2.45, 2.75) is 53.5 Å². The smallest absolute Gasteiger partial charge is 0.251 e. The summed E-state index contributed by atoms with van der Waals surface area (Å²) in [6.45, 7) is 10.1. The molecule has 1 rings (SSSR count). The van der Waals surface area contributed by atoms with Crippen molar-refractivity contribution in [3.05, 3.63) is 34.3 Å². The number of carbonyl (C=O) groups is 2. The third-order valence-electron chi connectivity index (χ3n) is 3.30. The summed E-state index contributed by atoms with van der Waals surface area (Å²) < 4.78 is 0. The molecule has 2 amide bonds. The minimum absolute atomic E-state index is 0.0156. The van der Waals surface area contributed by atoms with Crippen LogP contribution in [-0.4, -0.2) is 36.9 Å². The van der Waals surface area contributed by atoms with Crippen molar-refractivity contribution in [3.8, 4) is 0 Å². The molecule has 1 aromatic rings. The molecular weight excluding hydrogens is 324 g/mol. The SMILES string of the molecule is CC.CC(C)Cc1ccc(C(=O)N[C@@H](C)CC(=O)N(C)C)cc1Cl. The van der Waals surface area contributed by atoms with E-state index in [-0.39, 0.29) is 24.3 Å². The van der Waals surface area contributed by atoms with Gasteiger partial charge in [0.15, 0.2) is 0 Å². The number of amides is 2. The normalized spacial score (nSPS) is 11.4. The first-order valence-electron chi connectivity index (χ1n) is 8.50. The number of hydrogen-bond donors (Lipinski definition) is 1. The van der Waals surface area contributed by atoms with Gasteiger partial charge in [-0.25, -0.2) is 0 Å². The molecule has 0 aliphatic rings. The molecule has 0 spiro atoms. The highest BCUT2D eigenvalue weighted by Gasteiger charge is 2.15. The summed E-state index contributed by atoms with van der Waals surface area (Å²) in [6, 6.07) is 5.14. The minimum Gasteiger partial charge on any atom is -0.349 e. The molecule has 0 saturated heterocycles. The van der Waals surface area contributed by atoms with Crippen molar-refractivity contribution in [1.29, 1.82) is 0 Å². The van der Waals surface area contributed by atoms with Gasteiger partial charge < -0.3 is 10.2 Å². The van der Waals surface area contributed by atoms with Gasteiger partial charge in [0.1, 0.15) is 0 Å². The van der Waals surface area contributed by atoms with Crippen LogP contribution in [0.1, 0.15) is 57.0 Å². The van der Waals surface area contributed by atoms with Crippen LogP contribution in [0.15, 0.2) is 18.2 Å². The summed E-state index contributed by atoms with van der Waals surface area (Å²) in [5.41, 5.74) is 1.56. The van der Waals surface area contributed by atoms with E-state index in [1.54, 1.807) is 26.2 Å². The molecule has 1 aromatic carbocycles. The molecule has 0 bridgehead atoms. The molecule has 1 atom stereocenters. The average molecular weight is 355 g/mol. The van der Waals surface area contributed by atoms with E-state index < -0.39 is 0 Å². The Labute approximate surface area is 151 Å². The van der Waals surface area contributed by atoms with Crippen LogP contribution in [0.4, 0.5) is 0 Å². The van der Waals surface area contributed by atoms with Crippen LogP contribution in [0.5, 0.6) is 0 Å². The van der Waals surface area contributed by atoms with Gasteiger partial charge in [-0.2, -0.15) is 0 Å². The van der Waals surface area contributed by atoms with Crippen LogP contribution in [0.2, 0.25) is 5.02 Å². The molecule has 5 heteroatoms. The molecule has 0 aliphatic heterocycles. The fourth-order valence-electron chi connectivity index (χ4n) is 2.10. The van der Waals surface area contributed by atoms with Crippen LogP contribution < -0.4 is 5.32 Å². The summed E-state index contributed by atoms with van der Waals surface area (Å²) in [7, 11) is 3.40. The lowest BCUT2D eigenvalue weighted by molar-refractivity contribution is -0.129. The van der Waals surface area contributed by atoms with Crippen molar-refractivity contribution < 1.29 is 9.59 Å². The molecule has 0 unspecified atom stereocenters. The van der Waals surface area contributed by atoms with Crippen molar-refractivity contribution in [3.63, 3.8) is 0 Å². The zero-order chi connectivity index (χ0) is 18.9. The molecule has 0 saturated carbocycles. The van der Waals surface area contributed by atoms with Crippen LogP contribution in [0.25, 0.3) is 0 Å². The Morgan fingerprint density at radius 2 is 1.75 bits per heavy atom. The van der Waals surface area contributed by atoms with Crippen LogP contribution >= 0.6 is 11.6 Å². The first-order chi connectivity index (χ1) is 11.2. The molecule has 0 aromatic heterocycles. The van der Waals surface area contributed by atoms with Gasteiger partial charge in [-0.05, 0) is 37.0 Å². The van der Waals surface area contributed by atoms with Gasteiger partial charge in [0, 0.05) is 37.1 Å². The van der Waals surface area contributed by atoms with Gasteiger partial charge in [0.05, 0.1) is 0 Å². The maximum atomic E-state index is 12.2. The second kappa shape index (κ2) is 11.1. The van der Waals surface area contributed by atoms with Crippen LogP contribution in [-0.2, 0) is 11.2 Å². The second-order valence-electron chi connectivity index (χ2n) is 6.27. The highest BCUT2D eigenvalue weighted by Crippen LogP contribution is 2.21. The molecule has 0 heterocycles. The zero-order valence-electron chi connectivity index (χ0n) is 15.9. The number of nitrogens with one attached hydrogen (secondary N) is 1. The van der Waals surface area contributed by atoms with Gasteiger partial charge in [0.2, 0.25) is 5.91 Å². The molecule has 0 radical (unpaired) electrons. The van der Waals surface area contributed by atoms with E-state index in [2.05, 4.69) is 19.2 Å². The van der Waals surface area contributed by atoms with E-state index in [4.69, 9.17) is 11.6 Å². The number of halogens is 1. The lowest BCUT2D eigenvalue weighted by atomic mass is 10.0. The maximum Gasteiger partial charge on any atom is 0.251 e. The average Bonchev–Trinajstić information content (AvgIpc) is 2.50. The fraction of sp³-hybridized carbons (Fsp3) is 0.579. The number of hydrogen-bond acceptors (Lipinski definition) is 2. The molecule has 24 heavy (non-hydrogen) atoms. The van der Waals surface area contributed by atoms with Gasteiger partial charge in [-0.1, -0.05) is 45.4 Å². The van der Waals surface area contributed by atoms with Crippen molar-refractivity contribution in [2.75, 3.05) is 14.1 Å². The van der Waals surface area contributed by atoms with Crippen LogP contribution in [0.3, 0.4) is 0 Å². The maximum absolute atomic E-state index is 12.2. The second-order valence-corrected chi connectivity index (χ2v) is 6.68. The Hall–Kier alpha value is -1.55. The Morgan fingerprint density at radius 3 is 2.21 bits per heavy atom. The van der Waals surface area contributed by atoms with E-state index in [1.807, 2.05) is 26.8 Å². The quantitative estimate of drug-likeness (QED) is 0.833. The monoisotopic (exact) mass is 354 g/mol. The third kappa shape index (κ3) is 7.82. The standard InChI is InChI=1S/C17H25ClN2O2.C2H6/c1-11(2)8-13-6-7-14(10-15(13)18)17(22)19-12(3)9-16(21)20(4)5;1-2/h6-7,10-12H,8-9H2,1-5H3,(H,19,22);1-2H3/t12-;/m0./s1. The van der Waals surface area contributed by atoms with Crippen molar-refractivity contribution in [1.82, 2.24) is 10.2 Å². The Balaban J connectivity index is 0.00000254. The highest BCUT2D eigenvalue weighted by molar-refractivity contribution is 6.31. The molecule has 0 fully saturated rings. The lowest BCUT2D eigenvalue weighted by Gasteiger charge is -2.17. The van der Waals surface area contributed by atoms with E-state index >= 15 is 0 Å². The van der Waals surface area contributed by atoms with E-state index in [9.17, 15) is 9.59 Å².